The molecule has 0 bridgehead atoms. The lowest BCUT2D eigenvalue weighted by molar-refractivity contribution is 0.174. The van der Waals surface area contributed by atoms with Gasteiger partial charge in [-0.2, -0.15) is 0 Å². The van der Waals surface area contributed by atoms with Crippen LogP contribution in [-0.4, -0.2) is 28.0 Å². The van der Waals surface area contributed by atoms with Crippen LogP contribution in [0.15, 0.2) is 60.8 Å². The third-order valence-electron chi connectivity index (χ3n) is 5.23. The van der Waals surface area contributed by atoms with Crippen LogP contribution < -0.4 is 0 Å². The summed E-state index contributed by atoms with van der Waals surface area (Å²) >= 11 is 0. The molecule has 1 fully saturated rings. The van der Waals surface area contributed by atoms with Gasteiger partial charge in [0.1, 0.15) is 11.6 Å². The van der Waals surface area contributed by atoms with Gasteiger partial charge in [0.25, 0.3) is 0 Å². The van der Waals surface area contributed by atoms with Crippen molar-refractivity contribution in [2.24, 2.45) is 5.92 Å². The molecule has 0 saturated carbocycles. The van der Waals surface area contributed by atoms with E-state index in [1.54, 1.807) is 12.1 Å². The number of H-pyrrole nitrogens is 1. The summed E-state index contributed by atoms with van der Waals surface area (Å²) in [5.74, 6) is 1.56. The average Bonchev–Trinajstić information content (AvgIpc) is 3.14. The zero-order chi connectivity index (χ0) is 17.8. The van der Waals surface area contributed by atoms with Gasteiger partial charge in [0, 0.05) is 0 Å². The van der Waals surface area contributed by atoms with E-state index in [0.29, 0.717) is 5.92 Å². The number of imidazole rings is 1. The number of rotatable bonds is 5. The lowest BCUT2D eigenvalue weighted by Crippen LogP contribution is -2.34. The maximum Gasteiger partial charge on any atom is 0.123 e. The summed E-state index contributed by atoms with van der Waals surface area (Å²) in [6.45, 7) is 3.05. The number of aromatic nitrogens is 2. The van der Waals surface area contributed by atoms with Crippen LogP contribution >= 0.6 is 0 Å². The molecule has 26 heavy (non-hydrogen) atoms. The van der Waals surface area contributed by atoms with Crippen LogP contribution in [0, 0.1) is 11.7 Å². The largest absolute Gasteiger partial charge is 0.341 e. The van der Waals surface area contributed by atoms with Crippen molar-refractivity contribution in [2.45, 2.75) is 25.8 Å². The fourth-order valence-electron chi connectivity index (χ4n) is 3.72. The van der Waals surface area contributed by atoms with Gasteiger partial charge in [-0.25, -0.2) is 9.37 Å². The second-order valence-electron chi connectivity index (χ2n) is 7.16. The Morgan fingerprint density at radius 3 is 2.46 bits per heavy atom. The summed E-state index contributed by atoms with van der Waals surface area (Å²) < 4.78 is 13.0. The zero-order valence-corrected chi connectivity index (χ0v) is 14.9. The predicted octanol–water partition coefficient (Wildman–Crippen LogP) is 4.67. The molecule has 0 amide bonds. The van der Waals surface area contributed by atoms with Crippen LogP contribution in [0.4, 0.5) is 4.39 Å². The summed E-state index contributed by atoms with van der Waals surface area (Å²) in [4.78, 5) is 10.5. The topological polar surface area (TPSA) is 31.9 Å². The first kappa shape index (κ1) is 17.0. The Labute approximate surface area is 153 Å². The van der Waals surface area contributed by atoms with Crippen molar-refractivity contribution in [3.8, 4) is 11.3 Å². The monoisotopic (exact) mass is 349 g/mol. The highest BCUT2D eigenvalue weighted by Crippen LogP contribution is 2.23. The van der Waals surface area contributed by atoms with Gasteiger partial charge in [0.15, 0.2) is 0 Å². The Kier molecular flexibility index (Phi) is 5.12. The van der Waals surface area contributed by atoms with E-state index >= 15 is 0 Å². The van der Waals surface area contributed by atoms with Gasteiger partial charge in [-0.3, -0.25) is 4.90 Å². The molecule has 134 valence electrons. The van der Waals surface area contributed by atoms with Gasteiger partial charge < -0.3 is 4.98 Å². The molecule has 1 aromatic heterocycles. The van der Waals surface area contributed by atoms with Crippen molar-refractivity contribution in [1.82, 2.24) is 14.9 Å². The van der Waals surface area contributed by atoms with Gasteiger partial charge in [-0.05, 0) is 61.5 Å². The Morgan fingerprint density at radius 1 is 1.00 bits per heavy atom. The van der Waals surface area contributed by atoms with E-state index in [9.17, 15) is 4.39 Å². The van der Waals surface area contributed by atoms with Crippen LogP contribution in [0.3, 0.4) is 0 Å². The van der Waals surface area contributed by atoms with E-state index in [0.717, 1.165) is 37.6 Å². The van der Waals surface area contributed by atoms with Crippen LogP contribution in [-0.2, 0) is 13.0 Å². The van der Waals surface area contributed by atoms with Crippen molar-refractivity contribution in [3.63, 3.8) is 0 Å². The standard InChI is InChI=1S/C22H24FN3/c23-20-8-6-17(7-9-20)14-18-10-12-26(13-11-18)16-22-24-15-21(25-22)19-4-2-1-3-5-19/h1-9,15,18H,10-14,16H2,(H,24,25). The van der Waals surface area contributed by atoms with Gasteiger partial charge in [-0.15, -0.1) is 0 Å². The molecule has 0 atom stereocenters. The van der Waals surface area contributed by atoms with Crippen molar-refractivity contribution >= 4 is 0 Å². The minimum Gasteiger partial charge on any atom is -0.341 e. The van der Waals surface area contributed by atoms with Gasteiger partial charge in [-0.1, -0.05) is 42.5 Å². The Hall–Kier alpha value is -2.46. The highest BCUT2D eigenvalue weighted by molar-refractivity contribution is 5.57. The number of benzene rings is 2. The van der Waals surface area contributed by atoms with Gasteiger partial charge >= 0.3 is 0 Å². The predicted molar refractivity (Wildman–Crippen MR) is 102 cm³/mol. The molecule has 1 N–H and O–H groups in total. The number of nitrogens with zero attached hydrogens (tertiary/aromatic N) is 2. The molecule has 4 heteroatoms. The molecule has 0 aliphatic carbocycles. The van der Waals surface area contributed by atoms with Crippen molar-refractivity contribution in [2.75, 3.05) is 13.1 Å². The SMILES string of the molecule is Fc1ccc(CC2CCN(Cc3ncc(-c4ccccc4)[nH]3)CC2)cc1. The number of hydrogen-bond donors (Lipinski definition) is 1. The molecular weight excluding hydrogens is 325 g/mol. The fraction of sp³-hybridized carbons (Fsp3) is 0.318. The molecule has 1 aliphatic heterocycles. The second kappa shape index (κ2) is 7.83. The maximum absolute atomic E-state index is 13.0. The summed E-state index contributed by atoms with van der Waals surface area (Å²) in [6, 6.07) is 17.2. The highest BCUT2D eigenvalue weighted by Gasteiger charge is 2.20. The van der Waals surface area contributed by atoms with E-state index in [4.69, 9.17) is 0 Å². The zero-order valence-electron chi connectivity index (χ0n) is 14.9. The number of likely N-dealkylation sites (tertiary alicyclic amines) is 1. The molecule has 1 aliphatic rings. The number of nitrogens with one attached hydrogen (secondary N) is 1. The highest BCUT2D eigenvalue weighted by atomic mass is 19.1. The van der Waals surface area contributed by atoms with Gasteiger partial charge in [0.05, 0.1) is 18.4 Å². The van der Waals surface area contributed by atoms with Crippen LogP contribution in [0.2, 0.25) is 0 Å². The van der Waals surface area contributed by atoms with Crippen molar-refractivity contribution < 1.29 is 4.39 Å². The first-order chi connectivity index (χ1) is 12.8. The lowest BCUT2D eigenvalue weighted by atomic mass is 9.90. The van der Waals surface area contributed by atoms with Crippen LogP contribution in [0.5, 0.6) is 0 Å². The normalized spacial score (nSPS) is 16.0. The maximum atomic E-state index is 13.0. The molecule has 3 aromatic rings. The third kappa shape index (κ3) is 4.20. The van der Waals surface area contributed by atoms with E-state index < -0.39 is 0 Å². The number of hydrogen-bond acceptors (Lipinski definition) is 2. The third-order valence-corrected chi connectivity index (χ3v) is 5.23. The molecule has 2 aromatic carbocycles. The van der Waals surface area contributed by atoms with E-state index in [1.807, 2.05) is 36.5 Å². The average molecular weight is 349 g/mol. The molecule has 4 rings (SSSR count). The number of piperidine rings is 1. The molecule has 3 nitrogen and oxygen atoms in total. The molecule has 0 spiro atoms. The van der Waals surface area contributed by atoms with E-state index in [2.05, 4.69) is 27.0 Å². The Bertz CT molecular complexity index is 818. The first-order valence-corrected chi connectivity index (χ1v) is 9.32. The van der Waals surface area contributed by atoms with Crippen molar-refractivity contribution in [3.05, 3.63) is 78.0 Å². The molecule has 1 saturated heterocycles. The summed E-state index contributed by atoms with van der Waals surface area (Å²) in [7, 11) is 0. The summed E-state index contributed by atoms with van der Waals surface area (Å²) in [5.41, 5.74) is 3.49. The minimum absolute atomic E-state index is 0.156. The van der Waals surface area contributed by atoms with Crippen molar-refractivity contribution in [1.29, 1.82) is 0 Å². The smallest absolute Gasteiger partial charge is 0.123 e. The quantitative estimate of drug-likeness (QED) is 0.726. The molecule has 0 unspecified atom stereocenters. The van der Waals surface area contributed by atoms with Crippen LogP contribution in [0.1, 0.15) is 24.2 Å². The van der Waals surface area contributed by atoms with E-state index in [1.165, 1.54) is 24.0 Å². The first-order valence-electron chi connectivity index (χ1n) is 9.32. The fourth-order valence-corrected chi connectivity index (χ4v) is 3.72. The van der Waals surface area contributed by atoms with E-state index in [-0.39, 0.29) is 5.82 Å². The molecule has 0 radical (unpaired) electrons. The number of aromatic amines is 1. The summed E-state index contributed by atoms with van der Waals surface area (Å²) in [6.07, 6.45) is 5.34. The Balaban J connectivity index is 1.29. The van der Waals surface area contributed by atoms with Crippen LogP contribution in [0.25, 0.3) is 11.3 Å². The van der Waals surface area contributed by atoms with Gasteiger partial charge in [0.2, 0.25) is 0 Å². The summed E-state index contributed by atoms with van der Waals surface area (Å²) in [5, 5.41) is 0. The molecule has 2 heterocycles. The number of halogens is 1. The minimum atomic E-state index is -0.156. The Morgan fingerprint density at radius 2 is 1.73 bits per heavy atom. The lowest BCUT2D eigenvalue weighted by Gasteiger charge is -2.31. The molecular formula is C22H24FN3. The second-order valence-corrected chi connectivity index (χ2v) is 7.16.